The smallest absolute Gasteiger partial charge is 0.289 e. The summed E-state index contributed by atoms with van der Waals surface area (Å²) in [6.07, 6.45) is 1.55. The van der Waals surface area contributed by atoms with E-state index in [9.17, 15) is 10.1 Å². The summed E-state index contributed by atoms with van der Waals surface area (Å²) in [5.41, 5.74) is 3.18. The molecule has 6 heteroatoms. The molecule has 0 N–H and O–H groups in total. The Hall–Kier alpha value is -3.17. The number of allylic oxidation sites excluding steroid dienone is 1. The molecule has 5 nitrogen and oxygen atoms in total. The Morgan fingerprint density at radius 2 is 1.96 bits per heavy atom. The topological polar surface area (TPSA) is 67.9 Å². The lowest BCUT2D eigenvalue weighted by Gasteiger charge is -2.07. The molecule has 3 aromatic rings. The van der Waals surface area contributed by atoms with Gasteiger partial charge in [-0.3, -0.25) is 4.79 Å². The van der Waals surface area contributed by atoms with Gasteiger partial charge in [0.05, 0.1) is 5.69 Å². The van der Waals surface area contributed by atoms with Gasteiger partial charge in [0.2, 0.25) is 0 Å². The Morgan fingerprint density at radius 3 is 2.61 bits per heavy atom. The summed E-state index contributed by atoms with van der Waals surface area (Å²) in [7, 11) is 0. The van der Waals surface area contributed by atoms with E-state index in [1.165, 1.54) is 4.68 Å². The average molecular weight is 436 g/mol. The van der Waals surface area contributed by atoms with Gasteiger partial charge in [-0.15, -0.1) is 0 Å². The van der Waals surface area contributed by atoms with Gasteiger partial charge in [0.1, 0.15) is 24.0 Å². The summed E-state index contributed by atoms with van der Waals surface area (Å²) in [4.78, 5) is 12.6. The van der Waals surface area contributed by atoms with Crippen LogP contribution in [0.4, 0.5) is 0 Å². The largest absolute Gasteiger partial charge is 0.489 e. The van der Waals surface area contributed by atoms with Crippen LogP contribution in [0.2, 0.25) is 0 Å². The zero-order chi connectivity index (χ0) is 20.1. The number of aromatic nitrogens is 2. The van der Waals surface area contributed by atoms with E-state index in [0.717, 1.165) is 15.7 Å². The molecular weight excluding hydrogens is 418 g/mol. The number of hydrogen-bond acceptors (Lipinski definition) is 4. The summed E-state index contributed by atoms with van der Waals surface area (Å²) < 4.78 is 8.09. The molecular formula is C22H18BrN3O2. The first-order valence-electron chi connectivity index (χ1n) is 8.63. The maximum absolute atomic E-state index is 12.6. The number of rotatable bonds is 5. The third-order valence-corrected chi connectivity index (χ3v) is 4.57. The molecule has 1 aromatic heterocycles. The minimum Gasteiger partial charge on any atom is -0.489 e. The summed E-state index contributed by atoms with van der Waals surface area (Å²) in [5, 5.41) is 13.6. The van der Waals surface area contributed by atoms with Crippen molar-refractivity contribution in [3.8, 4) is 11.8 Å². The van der Waals surface area contributed by atoms with Crippen LogP contribution >= 0.6 is 15.9 Å². The fraction of sp³-hybridized carbons (Fsp3) is 0.136. The third-order valence-electron chi connectivity index (χ3n) is 4.04. The van der Waals surface area contributed by atoms with Crippen molar-refractivity contribution in [1.82, 2.24) is 9.78 Å². The van der Waals surface area contributed by atoms with Gasteiger partial charge in [-0.05, 0) is 61.4 Å². The Balaban J connectivity index is 1.78. The van der Waals surface area contributed by atoms with Crippen LogP contribution in [0.5, 0.6) is 5.75 Å². The minimum atomic E-state index is -0.450. The molecule has 0 fully saturated rings. The highest BCUT2D eigenvalue weighted by Crippen LogP contribution is 2.19. The number of ether oxygens (including phenoxy) is 1. The van der Waals surface area contributed by atoms with Crippen LogP contribution in [0, 0.1) is 25.2 Å². The molecule has 0 amide bonds. The molecule has 0 saturated carbocycles. The molecule has 0 saturated heterocycles. The highest BCUT2D eigenvalue weighted by molar-refractivity contribution is 9.10. The molecule has 0 spiro atoms. The van der Waals surface area contributed by atoms with Gasteiger partial charge in [0.15, 0.2) is 0 Å². The van der Waals surface area contributed by atoms with Crippen LogP contribution in [-0.2, 0) is 6.61 Å². The molecule has 140 valence electrons. The molecule has 1 heterocycles. The molecule has 28 heavy (non-hydrogen) atoms. The minimum absolute atomic E-state index is 0.0104. The predicted octanol–water partition coefficient (Wildman–Crippen LogP) is 5.09. The maximum Gasteiger partial charge on any atom is 0.289 e. The van der Waals surface area contributed by atoms with Crippen molar-refractivity contribution in [3.05, 3.63) is 87.2 Å². The van der Waals surface area contributed by atoms with Crippen molar-refractivity contribution in [1.29, 1.82) is 5.26 Å². The van der Waals surface area contributed by atoms with E-state index in [1.807, 2.05) is 48.5 Å². The molecule has 0 radical (unpaired) electrons. The van der Waals surface area contributed by atoms with Crippen LogP contribution in [0.15, 0.2) is 64.6 Å². The predicted molar refractivity (Wildman–Crippen MR) is 111 cm³/mol. The standard InChI is InChI=1S/C22H18BrN3O2/c1-15-10-16(2)26(25-15)22(27)19(13-24)11-18-4-3-5-21(12-18)28-14-17-6-8-20(23)9-7-17/h3-12H,14H2,1-2H3/b19-11+. The zero-order valence-corrected chi connectivity index (χ0v) is 17.1. The van der Waals surface area contributed by atoms with Gasteiger partial charge >= 0.3 is 0 Å². The van der Waals surface area contributed by atoms with E-state index < -0.39 is 5.91 Å². The summed E-state index contributed by atoms with van der Waals surface area (Å²) >= 11 is 3.41. The Labute approximate surface area is 172 Å². The fourth-order valence-corrected chi connectivity index (χ4v) is 2.96. The molecule has 2 aromatic carbocycles. The van der Waals surface area contributed by atoms with Crippen LogP contribution < -0.4 is 4.74 Å². The van der Waals surface area contributed by atoms with Crippen LogP contribution in [0.3, 0.4) is 0 Å². The summed E-state index contributed by atoms with van der Waals surface area (Å²) in [6.45, 7) is 4.01. The monoisotopic (exact) mass is 435 g/mol. The highest BCUT2D eigenvalue weighted by atomic mass is 79.9. The molecule has 0 unspecified atom stereocenters. The third kappa shape index (κ3) is 4.76. The normalized spacial score (nSPS) is 11.1. The maximum atomic E-state index is 12.6. The van der Waals surface area contributed by atoms with E-state index in [4.69, 9.17) is 4.74 Å². The molecule has 0 atom stereocenters. The van der Waals surface area contributed by atoms with E-state index in [1.54, 1.807) is 32.1 Å². The number of benzene rings is 2. The second kappa shape index (κ2) is 8.68. The summed E-state index contributed by atoms with van der Waals surface area (Å²) in [5.74, 6) is 0.210. The molecule has 3 rings (SSSR count). The van der Waals surface area contributed by atoms with Gasteiger partial charge in [-0.1, -0.05) is 40.2 Å². The van der Waals surface area contributed by atoms with Gasteiger partial charge in [-0.25, -0.2) is 4.68 Å². The number of carbonyl (C=O) groups is 1. The van der Waals surface area contributed by atoms with Crippen molar-refractivity contribution in [2.24, 2.45) is 0 Å². The quantitative estimate of drug-likeness (QED) is 0.413. The van der Waals surface area contributed by atoms with E-state index >= 15 is 0 Å². The van der Waals surface area contributed by atoms with Crippen LogP contribution in [-0.4, -0.2) is 15.7 Å². The van der Waals surface area contributed by atoms with E-state index in [-0.39, 0.29) is 5.57 Å². The van der Waals surface area contributed by atoms with Crippen molar-refractivity contribution in [2.45, 2.75) is 20.5 Å². The Kier molecular flexibility index (Phi) is 6.07. The molecule has 0 aliphatic rings. The van der Waals surface area contributed by atoms with Crippen molar-refractivity contribution in [3.63, 3.8) is 0 Å². The second-order valence-corrected chi connectivity index (χ2v) is 7.22. The number of nitrogens with zero attached hydrogens (tertiary/aromatic N) is 3. The van der Waals surface area contributed by atoms with Crippen LogP contribution in [0.1, 0.15) is 27.3 Å². The number of carbonyl (C=O) groups excluding carboxylic acids is 1. The fourth-order valence-electron chi connectivity index (χ4n) is 2.70. The van der Waals surface area contributed by atoms with E-state index in [2.05, 4.69) is 21.0 Å². The molecule has 0 aliphatic carbocycles. The summed E-state index contributed by atoms with van der Waals surface area (Å²) in [6, 6.07) is 18.9. The van der Waals surface area contributed by atoms with E-state index in [0.29, 0.717) is 23.6 Å². The van der Waals surface area contributed by atoms with Crippen LogP contribution in [0.25, 0.3) is 6.08 Å². The first-order valence-corrected chi connectivity index (χ1v) is 9.42. The Morgan fingerprint density at radius 1 is 1.21 bits per heavy atom. The average Bonchev–Trinajstić information content (AvgIpc) is 3.03. The van der Waals surface area contributed by atoms with Gasteiger partial charge in [0.25, 0.3) is 5.91 Å². The van der Waals surface area contributed by atoms with Gasteiger partial charge in [-0.2, -0.15) is 10.4 Å². The number of halogens is 1. The van der Waals surface area contributed by atoms with Crippen molar-refractivity contribution >= 4 is 27.9 Å². The number of aryl methyl sites for hydroxylation is 2. The molecule has 0 aliphatic heterocycles. The van der Waals surface area contributed by atoms with Gasteiger partial charge < -0.3 is 4.74 Å². The van der Waals surface area contributed by atoms with Gasteiger partial charge in [0, 0.05) is 10.2 Å². The molecule has 0 bridgehead atoms. The van der Waals surface area contributed by atoms with Crippen molar-refractivity contribution < 1.29 is 9.53 Å². The Bertz CT molecular complexity index is 1080. The first kappa shape index (κ1) is 19.6. The number of hydrogen-bond donors (Lipinski definition) is 0. The van der Waals surface area contributed by atoms with Crippen molar-refractivity contribution in [2.75, 3.05) is 0 Å². The lowest BCUT2D eigenvalue weighted by molar-refractivity contribution is 0.0943. The number of nitriles is 1. The SMILES string of the molecule is Cc1cc(C)n(C(=O)/C(C#N)=C/c2cccc(OCc3ccc(Br)cc3)c2)n1. The zero-order valence-electron chi connectivity index (χ0n) is 15.5. The first-order chi connectivity index (χ1) is 13.5. The lowest BCUT2D eigenvalue weighted by atomic mass is 10.1. The second-order valence-electron chi connectivity index (χ2n) is 6.30. The highest BCUT2D eigenvalue weighted by Gasteiger charge is 2.15. The lowest BCUT2D eigenvalue weighted by Crippen LogP contribution is -2.15.